The molecule has 0 saturated carbocycles. The molecule has 0 amide bonds. The molecule has 4 heteroatoms. The summed E-state index contributed by atoms with van der Waals surface area (Å²) in [6.07, 6.45) is 1.03. The second-order valence-corrected chi connectivity index (χ2v) is 4.71. The topological polar surface area (TPSA) is 49.0 Å². The SMILES string of the molecule is CCC(NCc1ccc(C#N)o1)c1cccs1. The smallest absolute Gasteiger partial charge is 0.203 e. The number of hydrogen-bond donors (Lipinski definition) is 1. The fraction of sp³-hybridized carbons (Fsp3) is 0.308. The molecule has 2 heterocycles. The van der Waals surface area contributed by atoms with Crippen LogP contribution in [-0.4, -0.2) is 0 Å². The van der Waals surface area contributed by atoms with Crippen molar-refractivity contribution >= 4 is 11.3 Å². The Morgan fingerprint density at radius 2 is 2.35 bits per heavy atom. The van der Waals surface area contributed by atoms with Gasteiger partial charge in [-0.2, -0.15) is 5.26 Å². The Morgan fingerprint density at radius 1 is 1.47 bits per heavy atom. The van der Waals surface area contributed by atoms with Gasteiger partial charge in [-0.25, -0.2) is 0 Å². The lowest BCUT2D eigenvalue weighted by Gasteiger charge is -2.14. The van der Waals surface area contributed by atoms with Crippen molar-refractivity contribution in [1.82, 2.24) is 5.32 Å². The van der Waals surface area contributed by atoms with E-state index in [1.165, 1.54) is 4.88 Å². The van der Waals surface area contributed by atoms with Crippen molar-refractivity contribution in [3.05, 3.63) is 46.0 Å². The first kappa shape index (κ1) is 11.9. The third-order valence-corrected chi connectivity index (χ3v) is 3.58. The van der Waals surface area contributed by atoms with E-state index in [1.807, 2.05) is 12.1 Å². The van der Waals surface area contributed by atoms with Crippen LogP contribution in [-0.2, 0) is 6.54 Å². The highest BCUT2D eigenvalue weighted by Crippen LogP contribution is 2.22. The molecule has 1 N–H and O–H groups in total. The Kier molecular flexibility index (Phi) is 3.97. The van der Waals surface area contributed by atoms with Crippen LogP contribution < -0.4 is 5.32 Å². The first-order valence-corrected chi connectivity index (χ1v) is 6.47. The van der Waals surface area contributed by atoms with Crippen LogP contribution in [0.15, 0.2) is 34.1 Å². The number of furan rings is 1. The Labute approximate surface area is 105 Å². The summed E-state index contributed by atoms with van der Waals surface area (Å²) in [5.41, 5.74) is 0. The van der Waals surface area contributed by atoms with E-state index >= 15 is 0 Å². The number of nitrogens with zero attached hydrogens (tertiary/aromatic N) is 1. The minimum Gasteiger partial charge on any atom is -0.449 e. The maximum absolute atomic E-state index is 8.66. The second-order valence-electron chi connectivity index (χ2n) is 3.73. The summed E-state index contributed by atoms with van der Waals surface area (Å²) in [5.74, 6) is 1.17. The Bertz CT molecular complexity index is 496. The summed E-state index contributed by atoms with van der Waals surface area (Å²) < 4.78 is 5.32. The molecule has 2 rings (SSSR count). The lowest BCUT2D eigenvalue weighted by Crippen LogP contribution is -2.18. The van der Waals surface area contributed by atoms with Gasteiger partial charge in [0.25, 0.3) is 0 Å². The summed E-state index contributed by atoms with van der Waals surface area (Å²) in [6, 6.07) is 10.1. The minimum absolute atomic E-state index is 0.352. The van der Waals surface area contributed by atoms with Gasteiger partial charge < -0.3 is 9.73 Å². The largest absolute Gasteiger partial charge is 0.449 e. The highest BCUT2D eigenvalue weighted by molar-refractivity contribution is 7.10. The van der Waals surface area contributed by atoms with Crippen molar-refractivity contribution < 1.29 is 4.42 Å². The standard InChI is InChI=1S/C13H14N2OS/c1-2-12(13-4-3-7-17-13)15-9-11-6-5-10(8-14)16-11/h3-7,12,15H,2,9H2,1H3. The molecule has 88 valence electrons. The van der Waals surface area contributed by atoms with Gasteiger partial charge in [-0.15, -0.1) is 11.3 Å². The number of nitriles is 1. The van der Waals surface area contributed by atoms with E-state index in [0.29, 0.717) is 18.3 Å². The molecule has 17 heavy (non-hydrogen) atoms. The predicted molar refractivity (Wildman–Crippen MR) is 67.6 cm³/mol. The van der Waals surface area contributed by atoms with E-state index in [0.717, 1.165) is 12.2 Å². The average Bonchev–Trinajstić information content (AvgIpc) is 3.00. The van der Waals surface area contributed by atoms with Crippen molar-refractivity contribution in [1.29, 1.82) is 5.26 Å². The van der Waals surface area contributed by atoms with Gasteiger partial charge in [-0.3, -0.25) is 0 Å². The molecule has 0 spiro atoms. The molecule has 0 aliphatic heterocycles. The number of nitrogens with one attached hydrogen (secondary N) is 1. The maximum atomic E-state index is 8.66. The molecule has 0 bridgehead atoms. The molecule has 0 aromatic carbocycles. The molecule has 2 aromatic heterocycles. The number of hydrogen-bond acceptors (Lipinski definition) is 4. The molecular formula is C13H14N2OS. The molecule has 0 fully saturated rings. The van der Waals surface area contributed by atoms with Crippen LogP contribution >= 0.6 is 11.3 Å². The van der Waals surface area contributed by atoms with E-state index in [9.17, 15) is 0 Å². The Hall–Kier alpha value is -1.57. The van der Waals surface area contributed by atoms with E-state index < -0.39 is 0 Å². The van der Waals surface area contributed by atoms with Crippen LogP contribution in [0.5, 0.6) is 0 Å². The summed E-state index contributed by atoms with van der Waals surface area (Å²) in [7, 11) is 0. The maximum Gasteiger partial charge on any atom is 0.203 e. The Balaban J connectivity index is 1.95. The summed E-state index contributed by atoms with van der Waals surface area (Å²) >= 11 is 1.76. The summed E-state index contributed by atoms with van der Waals surface area (Å²) in [5, 5.41) is 14.2. The van der Waals surface area contributed by atoms with E-state index in [2.05, 4.69) is 29.8 Å². The van der Waals surface area contributed by atoms with E-state index in [1.54, 1.807) is 17.4 Å². The lowest BCUT2D eigenvalue weighted by molar-refractivity contribution is 0.441. The molecule has 2 aromatic rings. The van der Waals surface area contributed by atoms with Gasteiger partial charge >= 0.3 is 0 Å². The zero-order valence-electron chi connectivity index (χ0n) is 9.64. The average molecular weight is 246 g/mol. The first-order chi connectivity index (χ1) is 8.33. The van der Waals surface area contributed by atoms with Crippen molar-refractivity contribution in [3.8, 4) is 6.07 Å². The van der Waals surface area contributed by atoms with Crippen molar-refractivity contribution in [2.24, 2.45) is 0 Å². The van der Waals surface area contributed by atoms with Crippen LogP contribution in [0, 0.1) is 11.3 Å². The molecule has 1 unspecified atom stereocenters. The normalized spacial score (nSPS) is 12.2. The van der Waals surface area contributed by atoms with Gasteiger partial charge in [0.1, 0.15) is 11.8 Å². The van der Waals surface area contributed by atoms with Crippen LogP contribution in [0.1, 0.15) is 35.8 Å². The lowest BCUT2D eigenvalue weighted by atomic mass is 10.2. The van der Waals surface area contributed by atoms with Crippen LogP contribution in [0.25, 0.3) is 0 Å². The quantitative estimate of drug-likeness (QED) is 0.879. The van der Waals surface area contributed by atoms with Crippen LogP contribution in [0.4, 0.5) is 0 Å². The number of thiophene rings is 1. The molecule has 0 aliphatic rings. The third kappa shape index (κ3) is 2.96. The molecule has 1 atom stereocenters. The van der Waals surface area contributed by atoms with Gasteiger partial charge in [-0.05, 0) is 30.0 Å². The molecule has 3 nitrogen and oxygen atoms in total. The van der Waals surface area contributed by atoms with Gasteiger partial charge in [0.2, 0.25) is 5.76 Å². The van der Waals surface area contributed by atoms with Gasteiger partial charge in [0, 0.05) is 10.9 Å². The van der Waals surface area contributed by atoms with Gasteiger partial charge in [-0.1, -0.05) is 13.0 Å². The molecular weight excluding hydrogens is 232 g/mol. The summed E-state index contributed by atoms with van der Waals surface area (Å²) in [6.45, 7) is 2.80. The highest BCUT2D eigenvalue weighted by Gasteiger charge is 2.10. The summed E-state index contributed by atoms with van der Waals surface area (Å²) in [4.78, 5) is 1.33. The molecule has 0 aliphatic carbocycles. The fourth-order valence-corrected chi connectivity index (χ4v) is 2.58. The Morgan fingerprint density at radius 3 is 2.94 bits per heavy atom. The second kappa shape index (κ2) is 5.67. The van der Waals surface area contributed by atoms with Gasteiger partial charge in [0.15, 0.2) is 0 Å². The van der Waals surface area contributed by atoms with Crippen molar-refractivity contribution in [3.63, 3.8) is 0 Å². The van der Waals surface area contributed by atoms with E-state index in [-0.39, 0.29) is 0 Å². The zero-order chi connectivity index (χ0) is 12.1. The van der Waals surface area contributed by atoms with E-state index in [4.69, 9.17) is 9.68 Å². The zero-order valence-corrected chi connectivity index (χ0v) is 10.5. The fourth-order valence-electron chi connectivity index (χ4n) is 1.69. The van der Waals surface area contributed by atoms with Gasteiger partial charge in [0.05, 0.1) is 6.54 Å². The highest BCUT2D eigenvalue weighted by atomic mass is 32.1. The number of rotatable bonds is 5. The monoisotopic (exact) mass is 246 g/mol. The first-order valence-electron chi connectivity index (χ1n) is 5.59. The third-order valence-electron chi connectivity index (χ3n) is 2.59. The van der Waals surface area contributed by atoms with Crippen molar-refractivity contribution in [2.75, 3.05) is 0 Å². The van der Waals surface area contributed by atoms with Crippen LogP contribution in [0.2, 0.25) is 0 Å². The predicted octanol–water partition coefficient (Wildman–Crippen LogP) is 3.45. The minimum atomic E-state index is 0.352. The van der Waals surface area contributed by atoms with Crippen molar-refractivity contribution in [2.45, 2.75) is 25.9 Å². The molecule has 0 radical (unpaired) electrons. The molecule has 0 saturated heterocycles. The van der Waals surface area contributed by atoms with Crippen LogP contribution in [0.3, 0.4) is 0 Å².